The summed E-state index contributed by atoms with van der Waals surface area (Å²) in [6, 6.07) is 0. The second-order valence-electron chi connectivity index (χ2n) is 4.42. The molecule has 0 aliphatic carbocycles. The maximum Gasteiger partial charge on any atom is 0.167 e. The molecule has 0 unspecified atom stereocenters. The predicted molar refractivity (Wildman–Crippen MR) is 63.5 cm³/mol. The fourth-order valence-corrected chi connectivity index (χ4v) is 2.47. The van der Waals surface area contributed by atoms with Gasteiger partial charge in [0.1, 0.15) is 5.60 Å². The molecule has 3 nitrogen and oxygen atoms in total. The van der Waals surface area contributed by atoms with Gasteiger partial charge in [-0.25, -0.2) is 0 Å². The molecule has 1 aliphatic heterocycles. The van der Waals surface area contributed by atoms with E-state index in [1.54, 1.807) is 0 Å². The monoisotopic (exact) mass is 228 g/mol. The number of carbonyl (C=O) groups is 1. The molecule has 0 radical (unpaired) electrons. The molecule has 1 saturated heterocycles. The predicted octanol–water partition coefficient (Wildman–Crippen LogP) is 2.58. The number of hydrogen-bond acceptors (Lipinski definition) is 3. The highest BCUT2D eigenvalue weighted by Gasteiger charge is 2.42. The topological polar surface area (TPSA) is 35.5 Å². The summed E-state index contributed by atoms with van der Waals surface area (Å²) in [7, 11) is 0. The van der Waals surface area contributed by atoms with E-state index in [2.05, 4.69) is 13.8 Å². The average molecular weight is 228 g/mol. The Balaban J connectivity index is 2.78. The molecule has 0 amide bonds. The molecule has 94 valence electrons. The first-order chi connectivity index (χ1) is 7.70. The third-order valence-corrected chi connectivity index (χ3v) is 3.53. The van der Waals surface area contributed by atoms with Crippen molar-refractivity contribution in [2.24, 2.45) is 5.92 Å². The summed E-state index contributed by atoms with van der Waals surface area (Å²) in [4.78, 5) is 12.5. The van der Waals surface area contributed by atoms with Crippen molar-refractivity contribution >= 4 is 5.78 Å². The Morgan fingerprint density at radius 2 is 1.81 bits per heavy atom. The van der Waals surface area contributed by atoms with Gasteiger partial charge < -0.3 is 9.47 Å². The van der Waals surface area contributed by atoms with E-state index in [1.807, 2.05) is 6.92 Å². The standard InChI is InChI=1S/C13H24O3/c1-4-11(5-2)12(14)13(16-6-3)7-9-15-10-8-13/h11H,4-10H2,1-3H3. The van der Waals surface area contributed by atoms with Crippen LogP contribution in [0.4, 0.5) is 0 Å². The zero-order valence-electron chi connectivity index (χ0n) is 10.8. The van der Waals surface area contributed by atoms with Crippen LogP contribution in [-0.4, -0.2) is 31.2 Å². The zero-order valence-corrected chi connectivity index (χ0v) is 10.8. The molecule has 16 heavy (non-hydrogen) atoms. The minimum absolute atomic E-state index is 0.143. The van der Waals surface area contributed by atoms with E-state index in [0.29, 0.717) is 25.6 Å². The number of rotatable bonds is 6. The minimum atomic E-state index is -0.552. The summed E-state index contributed by atoms with van der Waals surface area (Å²) in [5.74, 6) is 0.437. The lowest BCUT2D eigenvalue weighted by Gasteiger charge is -2.37. The van der Waals surface area contributed by atoms with Gasteiger partial charge in [0, 0.05) is 38.6 Å². The fraction of sp³-hybridized carbons (Fsp3) is 0.923. The zero-order chi connectivity index (χ0) is 12.0. The third-order valence-electron chi connectivity index (χ3n) is 3.53. The van der Waals surface area contributed by atoms with Crippen LogP contribution in [0.25, 0.3) is 0 Å². The van der Waals surface area contributed by atoms with Gasteiger partial charge in [-0.15, -0.1) is 0 Å². The van der Waals surface area contributed by atoms with Crippen LogP contribution in [-0.2, 0) is 14.3 Å². The van der Waals surface area contributed by atoms with E-state index in [4.69, 9.17) is 9.47 Å². The van der Waals surface area contributed by atoms with Crippen molar-refractivity contribution < 1.29 is 14.3 Å². The van der Waals surface area contributed by atoms with Gasteiger partial charge in [0.05, 0.1) is 0 Å². The number of hydrogen-bond donors (Lipinski definition) is 0. The first-order valence-electron chi connectivity index (χ1n) is 6.46. The van der Waals surface area contributed by atoms with E-state index in [0.717, 1.165) is 25.7 Å². The van der Waals surface area contributed by atoms with Gasteiger partial charge in [-0.05, 0) is 19.8 Å². The SMILES string of the molecule is CCOC1(C(=O)C(CC)CC)CCOCC1. The van der Waals surface area contributed by atoms with E-state index in [1.165, 1.54) is 0 Å². The Labute approximate surface area is 98.5 Å². The summed E-state index contributed by atoms with van der Waals surface area (Å²) >= 11 is 0. The van der Waals surface area contributed by atoms with Crippen molar-refractivity contribution in [1.82, 2.24) is 0 Å². The van der Waals surface area contributed by atoms with Gasteiger partial charge >= 0.3 is 0 Å². The fourth-order valence-electron chi connectivity index (χ4n) is 2.47. The molecule has 0 aromatic heterocycles. The van der Waals surface area contributed by atoms with Gasteiger partial charge in [0.2, 0.25) is 0 Å². The molecule has 1 aliphatic rings. The van der Waals surface area contributed by atoms with Crippen LogP contribution >= 0.6 is 0 Å². The van der Waals surface area contributed by atoms with Crippen LogP contribution in [0, 0.1) is 5.92 Å². The molecule has 3 heteroatoms. The van der Waals surface area contributed by atoms with Crippen LogP contribution in [0.1, 0.15) is 46.5 Å². The second-order valence-corrected chi connectivity index (χ2v) is 4.42. The van der Waals surface area contributed by atoms with Crippen LogP contribution in [0.2, 0.25) is 0 Å². The lowest BCUT2D eigenvalue weighted by atomic mass is 9.80. The molecular weight excluding hydrogens is 204 g/mol. The van der Waals surface area contributed by atoms with Gasteiger partial charge in [-0.2, -0.15) is 0 Å². The first-order valence-corrected chi connectivity index (χ1v) is 6.46. The van der Waals surface area contributed by atoms with Crippen molar-refractivity contribution in [3.63, 3.8) is 0 Å². The van der Waals surface area contributed by atoms with Gasteiger partial charge in [-0.1, -0.05) is 13.8 Å². The van der Waals surface area contributed by atoms with Crippen molar-refractivity contribution in [2.75, 3.05) is 19.8 Å². The minimum Gasteiger partial charge on any atom is -0.381 e. The number of Topliss-reactive ketones (excluding diaryl/α,β-unsaturated/α-hetero) is 1. The second kappa shape index (κ2) is 6.36. The molecule has 0 saturated carbocycles. The molecule has 0 spiro atoms. The molecule has 0 bridgehead atoms. The van der Waals surface area contributed by atoms with Crippen LogP contribution < -0.4 is 0 Å². The summed E-state index contributed by atoms with van der Waals surface area (Å²) in [6.45, 7) is 8.00. The lowest BCUT2D eigenvalue weighted by molar-refractivity contribution is -0.161. The Morgan fingerprint density at radius 3 is 2.25 bits per heavy atom. The van der Waals surface area contributed by atoms with Crippen LogP contribution in [0.15, 0.2) is 0 Å². The highest BCUT2D eigenvalue weighted by molar-refractivity contribution is 5.89. The van der Waals surface area contributed by atoms with E-state index >= 15 is 0 Å². The van der Waals surface area contributed by atoms with Crippen LogP contribution in [0.3, 0.4) is 0 Å². The molecule has 0 aromatic rings. The molecule has 1 fully saturated rings. The van der Waals surface area contributed by atoms with E-state index in [-0.39, 0.29) is 5.92 Å². The van der Waals surface area contributed by atoms with Crippen molar-refractivity contribution in [3.05, 3.63) is 0 Å². The average Bonchev–Trinajstić information content (AvgIpc) is 2.32. The number of carbonyl (C=O) groups excluding carboxylic acids is 1. The summed E-state index contributed by atoms with van der Waals surface area (Å²) in [5.41, 5.74) is -0.552. The van der Waals surface area contributed by atoms with Crippen molar-refractivity contribution in [3.8, 4) is 0 Å². The summed E-state index contributed by atoms with van der Waals surface area (Å²) < 4.78 is 11.1. The molecule has 1 rings (SSSR count). The lowest BCUT2D eigenvalue weighted by Crippen LogP contribution is -2.49. The van der Waals surface area contributed by atoms with Gasteiger partial charge in [0.15, 0.2) is 5.78 Å². The first kappa shape index (κ1) is 13.7. The Hall–Kier alpha value is -0.410. The van der Waals surface area contributed by atoms with Gasteiger partial charge in [0.25, 0.3) is 0 Å². The summed E-state index contributed by atoms with van der Waals surface area (Å²) in [6.07, 6.45) is 3.25. The van der Waals surface area contributed by atoms with Crippen LogP contribution in [0.5, 0.6) is 0 Å². The van der Waals surface area contributed by atoms with Crippen molar-refractivity contribution in [2.45, 2.75) is 52.1 Å². The maximum atomic E-state index is 12.5. The molecule has 0 N–H and O–H groups in total. The van der Waals surface area contributed by atoms with E-state index in [9.17, 15) is 4.79 Å². The van der Waals surface area contributed by atoms with Crippen molar-refractivity contribution in [1.29, 1.82) is 0 Å². The quantitative estimate of drug-likeness (QED) is 0.701. The number of ether oxygens (including phenoxy) is 2. The highest BCUT2D eigenvalue weighted by Crippen LogP contribution is 2.31. The van der Waals surface area contributed by atoms with E-state index < -0.39 is 5.60 Å². The largest absolute Gasteiger partial charge is 0.381 e. The Kier molecular flexibility index (Phi) is 5.42. The molecule has 0 atom stereocenters. The Bertz CT molecular complexity index is 210. The molecular formula is C13H24O3. The van der Waals surface area contributed by atoms with Gasteiger partial charge in [-0.3, -0.25) is 4.79 Å². The summed E-state index contributed by atoms with van der Waals surface area (Å²) in [5, 5.41) is 0. The Morgan fingerprint density at radius 1 is 1.25 bits per heavy atom. The third kappa shape index (κ3) is 2.83. The molecule has 0 aromatic carbocycles. The molecule has 1 heterocycles. The smallest absolute Gasteiger partial charge is 0.167 e. The number of ketones is 1. The highest BCUT2D eigenvalue weighted by atomic mass is 16.5. The maximum absolute atomic E-state index is 12.5. The normalized spacial score (nSPS) is 20.0.